The zero-order chi connectivity index (χ0) is 14.7. The highest BCUT2D eigenvalue weighted by atomic mass is 35.5. The van der Waals surface area contributed by atoms with Gasteiger partial charge < -0.3 is 16.0 Å². The Bertz CT molecular complexity index is 617. The first-order chi connectivity index (χ1) is 10.2. The van der Waals surface area contributed by atoms with Crippen LogP contribution in [0.1, 0.15) is 16.8 Å². The van der Waals surface area contributed by atoms with Crippen molar-refractivity contribution in [1.29, 1.82) is 0 Å². The van der Waals surface area contributed by atoms with Gasteiger partial charge in [0.25, 0.3) is 5.91 Å². The van der Waals surface area contributed by atoms with Crippen molar-refractivity contribution in [2.45, 2.75) is 12.6 Å². The lowest BCUT2D eigenvalue weighted by Gasteiger charge is -2.13. The number of hydrogen-bond acceptors (Lipinski definition) is 3. The van der Waals surface area contributed by atoms with E-state index in [-0.39, 0.29) is 12.1 Å². The summed E-state index contributed by atoms with van der Waals surface area (Å²) < 4.78 is 0. The smallest absolute Gasteiger partial charge is 0.251 e. The maximum Gasteiger partial charge on any atom is 0.251 e. The summed E-state index contributed by atoms with van der Waals surface area (Å²) in [4.78, 5) is 12.0. The van der Waals surface area contributed by atoms with Crippen LogP contribution in [0.4, 0.5) is 11.4 Å². The number of halogens is 1. The van der Waals surface area contributed by atoms with Crippen LogP contribution in [0.15, 0.2) is 48.5 Å². The molecule has 0 unspecified atom stereocenters. The second-order valence-corrected chi connectivity index (χ2v) is 5.37. The van der Waals surface area contributed by atoms with Crippen LogP contribution in [0.2, 0.25) is 5.02 Å². The Balaban J connectivity index is 1.47. The van der Waals surface area contributed by atoms with Crippen molar-refractivity contribution >= 4 is 28.9 Å². The number of hydrogen-bond donors (Lipinski definition) is 3. The molecule has 2 aromatic rings. The number of fused-ring (bicyclic) bond motifs is 1. The molecule has 3 N–H and O–H groups in total. The Morgan fingerprint density at radius 3 is 2.29 bits per heavy atom. The number of carbonyl (C=O) groups is 1. The minimum absolute atomic E-state index is 0.0813. The van der Waals surface area contributed by atoms with Gasteiger partial charge in [-0.15, -0.1) is 0 Å². The van der Waals surface area contributed by atoms with E-state index >= 15 is 0 Å². The van der Waals surface area contributed by atoms with Gasteiger partial charge in [0.15, 0.2) is 0 Å². The Labute approximate surface area is 128 Å². The van der Waals surface area contributed by atoms with Crippen LogP contribution < -0.4 is 16.0 Å². The van der Waals surface area contributed by atoms with E-state index in [0.717, 1.165) is 17.8 Å². The molecule has 21 heavy (non-hydrogen) atoms. The largest absolute Gasteiger partial charge is 0.364 e. The van der Waals surface area contributed by atoms with Gasteiger partial charge in [0, 0.05) is 23.6 Å². The summed E-state index contributed by atoms with van der Waals surface area (Å²) in [7, 11) is 0. The van der Waals surface area contributed by atoms with Crippen LogP contribution in [0, 0.1) is 0 Å². The van der Waals surface area contributed by atoms with Crippen LogP contribution in [0.5, 0.6) is 0 Å². The topological polar surface area (TPSA) is 53.2 Å². The third kappa shape index (κ3) is 3.28. The first-order valence-electron chi connectivity index (χ1n) is 6.88. The van der Waals surface area contributed by atoms with Crippen molar-refractivity contribution < 1.29 is 4.79 Å². The van der Waals surface area contributed by atoms with Crippen molar-refractivity contribution in [2.24, 2.45) is 0 Å². The van der Waals surface area contributed by atoms with Gasteiger partial charge in [-0.3, -0.25) is 4.79 Å². The molecular weight excluding hydrogens is 286 g/mol. The zero-order valence-electron chi connectivity index (χ0n) is 11.4. The first kappa shape index (κ1) is 13.8. The molecule has 1 heterocycles. The third-order valence-corrected chi connectivity index (χ3v) is 3.66. The summed E-state index contributed by atoms with van der Waals surface area (Å²) in [6.07, 6.45) is 0.946. The lowest BCUT2D eigenvalue weighted by Crippen LogP contribution is -2.31. The fourth-order valence-electron chi connectivity index (χ4n) is 2.32. The predicted molar refractivity (Wildman–Crippen MR) is 85.9 cm³/mol. The monoisotopic (exact) mass is 301 g/mol. The Morgan fingerprint density at radius 2 is 1.67 bits per heavy atom. The van der Waals surface area contributed by atoms with E-state index in [0.29, 0.717) is 17.1 Å². The minimum Gasteiger partial charge on any atom is -0.364 e. The molecule has 2 aromatic carbocycles. The lowest BCUT2D eigenvalue weighted by atomic mass is 10.2. The Kier molecular flexibility index (Phi) is 3.97. The van der Waals surface area contributed by atoms with Crippen LogP contribution in [0.3, 0.4) is 0 Å². The summed E-state index contributed by atoms with van der Waals surface area (Å²) in [6.45, 7) is 0.597. The van der Waals surface area contributed by atoms with Gasteiger partial charge in [-0.1, -0.05) is 23.7 Å². The van der Waals surface area contributed by atoms with Crippen molar-refractivity contribution in [2.75, 3.05) is 17.2 Å². The van der Waals surface area contributed by atoms with Gasteiger partial charge in [0.1, 0.15) is 0 Å². The number of rotatable bonds is 4. The molecule has 1 aliphatic rings. The molecule has 0 aliphatic carbocycles. The van der Waals surface area contributed by atoms with Crippen molar-refractivity contribution in [1.82, 2.24) is 5.32 Å². The van der Waals surface area contributed by atoms with E-state index in [1.165, 1.54) is 0 Å². The van der Waals surface area contributed by atoms with Gasteiger partial charge in [0.2, 0.25) is 0 Å². The minimum atomic E-state index is -0.0813. The maximum absolute atomic E-state index is 12.0. The van der Waals surface area contributed by atoms with E-state index in [2.05, 4.69) is 16.0 Å². The quantitative estimate of drug-likeness (QED) is 0.812. The molecular formula is C16H16ClN3O. The van der Waals surface area contributed by atoms with E-state index in [4.69, 9.17) is 11.6 Å². The number of nitrogens with one attached hydrogen (secondary N) is 3. The normalized spacial score (nSPS) is 13.2. The fourth-order valence-corrected chi connectivity index (χ4v) is 2.45. The third-order valence-electron chi connectivity index (χ3n) is 3.41. The second kappa shape index (κ2) is 6.06. The van der Waals surface area contributed by atoms with Gasteiger partial charge in [-0.25, -0.2) is 0 Å². The van der Waals surface area contributed by atoms with Gasteiger partial charge in [0.05, 0.1) is 17.5 Å². The molecule has 4 nitrogen and oxygen atoms in total. The molecule has 5 heteroatoms. The molecule has 0 radical (unpaired) electrons. The molecule has 0 aromatic heterocycles. The lowest BCUT2D eigenvalue weighted by molar-refractivity contribution is 0.0953. The number of anilines is 2. The van der Waals surface area contributed by atoms with E-state index in [1.54, 1.807) is 24.3 Å². The zero-order valence-corrected chi connectivity index (χ0v) is 12.2. The van der Waals surface area contributed by atoms with E-state index in [9.17, 15) is 4.79 Å². The number of carbonyl (C=O) groups excluding carboxylic acids is 1. The number of para-hydroxylation sites is 2. The van der Waals surface area contributed by atoms with E-state index < -0.39 is 0 Å². The van der Waals surface area contributed by atoms with Gasteiger partial charge >= 0.3 is 0 Å². The van der Waals surface area contributed by atoms with E-state index in [1.807, 2.05) is 24.3 Å². The highest BCUT2D eigenvalue weighted by Gasteiger charge is 2.18. The summed E-state index contributed by atoms with van der Waals surface area (Å²) in [5.41, 5.74) is 2.83. The maximum atomic E-state index is 12.0. The molecule has 1 amide bonds. The first-order valence-corrected chi connectivity index (χ1v) is 7.26. The SMILES string of the molecule is O=C(NCCC1Nc2ccccc2N1)c1ccc(Cl)cc1. The summed E-state index contributed by atoms with van der Waals surface area (Å²) >= 11 is 5.80. The average molecular weight is 302 g/mol. The molecule has 0 saturated heterocycles. The Hall–Kier alpha value is -2.20. The Morgan fingerprint density at radius 1 is 1.05 bits per heavy atom. The average Bonchev–Trinajstić information content (AvgIpc) is 2.90. The molecule has 108 valence electrons. The molecule has 0 spiro atoms. The van der Waals surface area contributed by atoms with Crippen LogP contribution in [0.25, 0.3) is 0 Å². The van der Waals surface area contributed by atoms with Crippen LogP contribution in [-0.4, -0.2) is 18.6 Å². The van der Waals surface area contributed by atoms with Crippen LogP contribution in [-0.2, 0) is 0 Å². The fraction of sp³-hybridized carbons (Fsp3) is 0.188. The van der Waals surface area contributed by atoms with Gasteiger partial charge in [-0.2, -0.15) is 0 Å². The van der Waals surface area contributed by atoms with Gasteiger partial charge in [-0.05, 0) is 36.4 Å². The molecule has 3 rings (SSSR count). The summed E-state index contributed by atoms with van der Waals surface area (Å²) in [6, 6.07) is 14.9. The molecule has 0 bridgehead atoms. The highest BCUT2D eigenvalue weighted by molar-refractivity contribution is 6.30. The molecule has 0 atom stereocenters. The summed E-state index contributed by atoms with van der Waals surface area (Å²) in [5.74, 6) is -0.0813. The number of amides is 1. The second-order valence-electron chi connectivity index (χ2n) is 4.94. The number of benzene rings is 2. The molecule has 0 saturated carbocycles. The predicted octanol–water partition coefficient (Wildman–Crippen LogP) is 3.32. The molecule has 1 aliphatic heterocycles. The van der Waals surface area contributed by atoms with Crippen molar-refractivity contribution in [3.8, 4) is 0 Å². The standard InChI is InChI=1S/C16H16ClN3O/c17-12-7-5-11(6-8-12)16(21)18-10-9-15-19-13-3-1-2-4-14(13)20-15/h1-8,15,19-20H,9-10H2,(H,18,21). The molecule has 0 fully saturated rings. The summed E-state index contributed by atoms with van der Waals surface area (Å²) in [5, 5.41) is 10.3. The highest BCUT2D eigenvalue weighted by Crippen LogP contribution is 2.28. The van der Waals surface area contributed by atoms with Crippen LogP contribution >= 0.6 is 11.6 Å². The van der Waals surface area contributed by atoms with Crippen molar-refractivity contribution in [3.05, 3.63) is 59.1 Å². The van der Waals surface area contributed by atoms with Crippen molar-refractivity contribution in [3.63, 3.8) is 0 Å².